The van der Waals surface area contributed by atoms with Gasteiger partial charge >= 0.3 is 11.9 Å². The first kappa shape index (κ1) is 26.7. The molecule has 4 saturated carbocycles. The van der Waals surface area contributed by atoms with Crippen LogP contribution in [0.1, 0.15) is 105 Å². The molecule has 4 fully saturated rings. The van der Waals surface area contributed by atoms with Crippen molar-refractivity contribution < 1.29 is 23.9 Å². The van der Waals surface area contributed by atoms with Crippen LogP contribution in [0.5, 0.6) is 0 Å². The van der Waals surface area contributed by atoms with Crippen LogP contribution in [0, 0.1) is 52.3 Å². The lowest BCUT2D eigenvalue weighted by molar-refractivity contribution is -0.179. The Morgan fingerprint density at radius 1 is 0.971 bits per heavy atom. The van der Waals surface area contributed by atoms with Crippen LogP contribution in [0.15, 0.2) is 0 Å². The lowest BCUT2D eigenvalue weighted by atomic mass is 9.42. The molecular formula is C30H48O5. The van der Waals surface area contributed by atoms with Crippen molar-refractivity contribution in [2.24, 2.45) is 52.3 Å². The molecule has 0 radical (unpaired) electrons. The van der Waals surface area contributed by atoms with E-state index >= 15 is 0 Å². The van der Waals surface area contributed by atoms with Crippen molar-refractivity contribution in [3.63, 3.8) is 0 Å². The molecule has 0 spiro atoms. The van der Waals surface area contributed by atoms with Crippen LogP contribution in [0.2, 0.25) is 0 Å². The van der Waals surface area contributed by atoms with E-state index in [4.69, 9.17) is 9.47 Å². The largest absolute Gasteiger partial charge is 0.469 e. The number of rotatable bonds is 7. The second kappa shape index (κ2) is 10.2. The SMILES string of the molecule is CCC(=O)O[C@@H]1CC[C@]2(C)C3CC[C@@]4(C)C(CCC4[C@H](C)CCC(=O)OC)C3C(=O)[C@H](CC)C2C1. The lowest BCUT2D eigenvalue weighted by Crippen LogP contribution is -2.60. The van der Waals surface area contributed by atoms with Crippen LogP contribution in [0.25, 0.3) is 0 Å². The van der Waals surface area contributed by atoms with Crippen LogP contribution >= 0.6 is 0 Å². The highest BCUT2D eigenvalue weighted by Gasteiger charge is 2.65. The summed E-state index contributed by atoms with van der Waals surface area (Å²) in [5, 5.41) is 0. The van der Waals surface area contributed by atoms with Crippen molar-refractivity contribution in [1.82, 2.24) is 0 Å². The first-order valence-electron chi connectivity index (χ1n) is 14.4. The summed E-state index contributed by atoms with van der Waals surface area (Å²) < 4.78 is 10.7. The Bertz CT molecular complexity index is 822. The van der Waals surface area contributed by atoms with E-state index in [0.717, 1.165) is 44.9 Å². The lowest BCUT2D eigenvalue weighted by Gasteiger charge is -2.62. The van der Waals surface area contributed by atoms with Gasteiger partial charge in [0, 0.05) is 24.7 Å². The van der Waals surface area contributed by atoms with Crippen molar-refractivity contribution in [3.05, 3.63) is 0 Å². The number of Topliss-reactive ketones (excluding diaryl/α,β-unsaturated/α-hetero) is 1. The summed E-state index contributed by atoms with van der Waals surface area (Å²) in [5.74, 6) is 2.82. The van der Waals surface area contributed by atoms with Crippen molar-refractivity contribution >= 4 is 17.7 Å². The molecule has 4 aliphatic carbocycles. The summed E-state index contributed by atoms with van der Waals surface area (Å²) in [4.78, 5) is 38.0. The Morgan fingerprint density at radius 2 is 1.66 bits per heavy atom. The van der Waals surface area contributed by atoms with Crippen LogP contribution < -0.4 is 0 Å². The number of ketones is 1. The van der Waals surface area contributed by atoms with E-state index in [1.54, 1.807) is 0 Å². The summed E-state index contributed by atoms with van der Waals surface area (Å²) >= 11 is 0. The predicted molar refractivity (Wildman–Crippen MR) is 135 cm³/mol. The molecule has 0 aromatic heterocycles. The third-order valence-electron chi connectivity index (χ3n) is 11.5. The van der Waals surface area contributed by atoms with Crippen LogP contribution in [-0.2, 0) is 23.9 Å². The number of esters is 2. The normalized spacial score (nSPS) is 43.5. The Morgan fingerprint density at radius 3 is 2.31 bits per heavy atom. The number of hydrogen-bond donors (Lipinski definition) is 0. The minimum atomic E-state index is -0.118. The van der Waals surface area contributed by atoms with Gasteiger partial charge in [-0.15, -0.1) is 0 Å². The van der Waals surface area contributed by atoms with Gasteiger partial charge < -0.3 is 9.47 Å². The highest BCUT2D eigenvalue weighted by molar-refractivity contribution is 5.86. The van der Waals surface area contributed by atoms with E-state index < -0.39 is 0 Å². The molecule has 0 N–H and O–H groups in total. The fraction of sp³-hybridized carbons (Fsp3) is 0.900. The van der Waals surface area contributed by atoms with E-state index in [2.05, 4.69) is 27.7 Å². The monoisotopic (exact) mass is 488 g/mol. The zero-order valence-corrected chi connectivity index (χ0v) is 22.9. The third-order valence-corrected chi connectivity index (χ3v) is 11.5. The van der Waals surface area contributed by atoms with Gasteiger partial charge in [0.15, 0.2) is 0 Å². The maximum absolute atomic E-state index is 14.2. The first-order valence-corrected chi connectivity index (χ1v) is 14.4. The number of ether oxygens (including phenoxy) is 2. The number of carbonyl (C=O) groups is 3. The first-order chi connectivity index (χ1) is 16.6. The van der Waals surface area contributed by atoms with Crippen molar-refractivity contribution in [2.45, 2.75) is 111 Å². The zero-order valence-electron chi connectivity index (χ0n) is 22.9. The molecule has 0 amide bonds. The van der Waals surface area contributed by atoms with Gasteiger partial charge in [0.1, 0.15) is 11.9 Å². The number of carbonyl (C=O) groups excluding carboxylic acids is 3. The second-order valence-corrected chi connectivity index (χ2v) is 12.8. The maximum Gasteiger partial charge on any atom is 0.305 e. The standard InChI is InChI=1S/C30H48O5/c1-7-20-24-17-19(35-25(31)8-2)13-15-30(24,5)23-14-16-29(4)21(18(3)9-12-26(32)34-6)10-11-22(29)27(23)28(20)33/h18-24,27H,7-17H2,1-6H3/t18-,19-,20-,21?,22?,23?,24?,27?,29-,30-/m1/s1. The quantitative estimate of drug-likeness (QED) is 0.389. The van der Waals surface area contributed by atoms with E-state index in [9.17, 15) is 14.4 Å². The molecule has 0 aromatic carbocycles. The van der Waals surface area contributed by atoms with Crippen LogP contribution in [-0.4, -0.2) is 30.9 Å². The summed E-state index contributed by atoms with van der Waals surface area (Å²) in [6.45, 7) is 11.3. The van der Waals surface area contributed by atoms with E-state index in [1.165, 1.54) is 20.0 Å². The highest BCUT2D eigenvalue weighted by Crippen LogP contribution is 2.68. The Labute approximate surface area is 212 Å². The van der Waals surface area contributed by atoms with Gasteiger partial charge in [0.05, 0.1) is 7.11 Å². The van der Waals surface area contributed by atoms with Crippen molar-refractivity contribution in [3.8, 4) is 0 Å². The van der Waals surface area contributed by atoms with Crippen LogP contribution in [0.4, 0.5) is 0 Å². The highest BCUT2D eigenvalue weighted by atomic mass is 16.5. The number of fused-ring (bicyclic) bond motifs is 5. The van der Waals surface area contributed by atoms with Gasteiger partial charge in [-0.25, -0.2) is 0 Å². The molecule has 0 aromatic rings. The molecule has 4 rings (SSSR count). The molecule has 5 heteroatoms. The molecule has 5 unspecified atom stereocenters. The van der Waals surface area contributed by atoms with E-state index in [0.29, 0.717) is 48.2 Å². The smallest absolute Gasteiger partial charge is 0.305 e. The minimum absolute atomic E-state index is 0.0284. The Balaban J connectivity index is 1.56. The molecule has 0 saturated heterocycles. The van der Waals surface area contributed by atoms with E-state index in [1.807, 2.05) is 6.92 Å². The van der Waals surface area contributed by atoms with Gasteiger partial charge in [0.2, 0.25) is 0 Å². The number of hydrogen-bond acceptors (Lipinski definition) is 5. The van der Waals surface area contributed by atoms with Gasteiger partial charge in [-0.2, -0.15) is 0 Å². The zero-order chi connectivity index (χ0) is 25.5. The Kier molecular flexibility index (Phi) is 7.75. The average Bonchev–Trinajstić information content (AvgIpc) is 3.20. The summed E-state index contributed by atoms with van der Waals surface area (Å²) in [6.07, 6.45) is 10.1. The van der Waals surface area contributed by atoms with Crippen molar-refractivity contribution in [2.75, 3.05) is 7.11 Å². The molecule has 0 bridgehead atoms. The van der Waals surface area contributed by atoms with Crippen LogP contribution in [0.3, 0.4) is 0 Å². The van der Waals surface area contributed by atoms with E-state index in [-0.39, 0.29) is 40.7 Å². The molecule has 198 valence electrons. The predicted octanol–water partition coefficient (Wildman–Crippen LogP) is 6.37. The summed E-state index contributed by atoms with van der Waals surface area (Å²) in [7, 11) is 1.47. The molecule has 4 aliphatic rings. The summed E-state index contributed by atoms with van der Waals surface area (Å²) in [5.41, 5.74) is 0.339. The fourth-order valence-electron chi connectivity index (χ4n) is 9.62. The molecule has 0 heterocycles. The van der Waals surface area contributed by atoms with Gasteiger partial charge in [-0.1, -0.05) is 34.6 Å². The fourth-order valence-corrected chi connectivity index (χ4v) is 9.62. The van der Waals surface area contributed by atoms with Crippen molar-refractivity contribution in [1.29, 1.82) is 0 Å². The molecule has 35 heavy (non-hydrogen) atoms. The van der Waals surface area contributed by atoms with Gasteiger partial charge in [-0.05, 0) is 98.2 Å². The number of methoxy groups -OCH3 is 1. The molecule has 5 nitrogen and oxygen atoms in total. The average molecular weight is 489 g/mol. The molecular weight excluding hydrogens is 440 g/mol. The second-order valence-electron chi connectivity index (χ2n) is 12.8. The van der Waals surface area contributed by atoms with Gasteiger partial charge in [-0.3, -0.25) is 14.4 Å². The third kappa shape index (κ3) is 4.48. The minimum Gasteiger partial charge on any atom is -0.469 e. The molecule has 0 aliphatic heterocycles. The maximum atomic E-state index is 14.2. The Hall–Kier alpha value is -1.39. The topological polar surface area (TPSA) is 69.7 Å². The van der Waals surface area contributed by atoms with Gasteiger partial charge in [0.25, 0.3) is 0 Å². The molecule has 10 atom stereocenters. The summed E-state index contributed by atoms with van der Waals surface area (Å²) in [6, 6.07) is 0.